The van der Waals surface area contributed by atoms with Gasteiger partial charge in [0.2, 0.25) is 5.91 Å². The van der Waals surface area contributed by atoms with Gasteiger partial charge in [0.15, 0.2) is 0 Å². The minimum atomic E-state index is -0.957. The number of rotatable bonds is 7. The molecule has 0 aliphatic carbocycles. The van der Waals surface area contributed by atoms with Crippen LogP contribution in [0.5, 0.6) is 0 Å². The molecule has 16 heavy (non-hydrogen) atoms. The lowest BCUT2D eigenvalue weighted by atomic mass is 10.1. The summed E-state index contributed by atoms with van der Waals surface area (Å²) in [6, 6.07) is -0.722. The first-order valence-electron chi connectivity index (χ1n) is 5.46. The molecule has 90 valence electrons. The van der Waals surface area contributed by atoms with E-state index in [2.05, 4.69) is 5.92 Å². The summed E-state index contributed by atoms with van der Waals surface area (Å²) in [7, 11) is 1.53. The van der Waals surface area contributed by atoms with Crippen LogP contribution in [0.2, 0.25) is 0 Å². The minimum absolute atomic E-state index is 0.133. The smallest absolute Gasteiger partial charge is 0.326 e. The zero-order valence-electron chi connectivity index (χ0n) is 9.90. The quantitative estimate of drug-likeness (QED) is 0.527. The summed E-state index contributed by atoms with van der Waals surface area (Å²) in [5.41, 5.74) is 0. The van der Waals surface area contributed by atoms with Crippen molar-refractivity contribution in [2.24, 2.45) is 0 Å². The Bertz CT molecular complexity index is 280. The van der Waals surface area contributed by atoms with Crippen LogP contribution in [0.1, 0.15) is 39.0 Å². The molecule has 0 aromatic rings. The van der Waals surface area contributed by atoms with Crippen LogP contribution in [0, 0.1) is 12.3 Å². The van der Waals surface area contributed by atoms with Crippen molar-refractivity contribution in [3.8, 4) is 12.3 Å². The molecule has 0 radical (unpaired) electrons. The van der Waals surface area contributed by atoms with E-state index in [-0.39, 0.29) is 5.91 Å². The number of terminal acetylenes is 1. The van der Waals surface area contributed by atoms with Gasteiger partial charge in [-0.25, -0.2) is 4.79 Å². The Morgan fingerprint density at radius 2 is 2.06 bits per heavy atom. The van der Waals surface area contributed by atoms with Gasteiger partial charge in [-0.05, 0) is 19.3 Å². The van der Waals surface area contributed by atoms with Gasteiger partial charge in [0.25, 0.3) is 0 Å². The number of nitrogens with zero attached hydrogens (tertiary/aromatic N) is 1. The van der Waals surface area contributed by atoms with Crippen LogP contribution in [0.15, 0.2) is 0 Å². The SMILES string of the molecule is C#CCCCCC(=O)N(C)C(CC)C(=O)O. The van der Waals surface area contributed by atoms with E-state index in [4.69, 9.17) is 11.5 Å². The molecule has 0 saturated carbocycles. The van der Waals surface area contributed by atoms with E-state index in [9.17, 15) is 9.59 Å². The van der Waals surface area contributed by atoms with Crippen LogP contribution in [0.4, 0.5) is 0 Å². The molecule has 0 saturated heterocycles. The molecular formula is C12H19NO3. The van der Waals surface area contributed by atoms with Gasteiger partial charge in [0.1, 0.15) is 6.04 Å². The van der Waals surface area contributed by atoms with Crippen molar-refractivity contribution >= 4 is 11.9 Å². The predicted molar refractivity (Wildman–Crippen MR) is 61.8 cm³/mol. The second-order valence-corrected chi connectivity index (χ2v) is 3.68. The second kappa shape index (κ2) is 7.75. The van der Waals surface area contributed by atoms with Gasteiger partial charge in [-0.15, -0.1) is 12.3 Å². The molecule has 4 nitrogen and oxygen atoms in total. The van der Waals surface area contributed by atoms with E-state index < -0.39 is 12.0 Å². The number of hydrogen-bond acceptors (Lipinski definition) is 2. The van der Waals surface area contributed by atoms with Crippen LogP contribution in [-0.2, 0) is 9.59 Å². The number of amides is 1. The van der Waals surface area contributed by atoms with E-state index in [1.165, 1.54) is 11.9 Å². The molecule has 1 amide bonds. The number of carbonyl (C=O) groups is 2. The summed E-state index contributed by atoms with van der Waals surface area (Å²) in [6.45, 7) is 1.75. The van der Waals surface area contributed by atoms with Crippen LogP contribution >= 0.6 is 0 Å². The standard InChI is InChI=1S/C12H19NO3/c1-4-6-7-8-9-11(14)13(3)10(5-2)12(15)16/h1,10H,5-9H2,2-3H3,(H,15,16). The Morgan fingerprint density at radius 1 is 1.44 bits per heavy atom. The maximum atomic E-state index is 11.6. The summed E-state index contributed by atoms with van der Waals surface area (Å²) >= 11 is 0. The third-order valence-corrected chi connectivity index (χ3v) is 2.49. The van der Waals surface area contributed by atoms with Crippen molar-refractivity contribution in [3.05, 3.63) is 0 Å². The molecule has 4 heteroatoms. The Hall–Kier alpha value is -1.50. The molecule has 0 rings (SSSR count). The molecule has 0 aromatic heterocycles. The van der Waals surface area contributed by atoms with Crippen molar-refractivity contribution in [1.82, 2.24) is 4.90 Å². The zero-order valence-corrected chi connectivity index (χ0v) is 9.90. The Kier molecular flexibility index (Phi) is 7.02. The fourth-order valence-corrected chi connectivity index (χ4v) is 1.47. The first-order chi connectivity index (χ1) is 7.54. The summed E-state index contributed by atoms with van der Waals surface area (Å²) in [4.78, 5) is 23.8. The number of unbranched alkanes of at least 4 members (excludes halogenated alkanes) is 2. The molecule has 0 heterocycles. The molecule has 1 N–H and O–H groups in total. The maximum Gasteiger partial charge on any atom is 0.326 e. The molecule has 1 unspecified atom stereocenters. The lowest BCUT2D eigenvalue weighted by Crippen LogP contribution is -2.41. The number of likely N-dealkylation sites (N-methyl/N-ethyl adjacent to an activating group) is 1. The largest absolute Gasteiger partial charge is 0.480 e. The van der Waals surface area contributed by atoms with Crippen molar-refractivity contribution in [2.75, 3.05) is 7.05 Å². The van der Waals surface area contributed by atoms with E-state index >= 15 is 0 Å². The number of hydrogen-bond donors (Lipinski definition) is 1. The Morgan fingerprint density at radius 3 is 2.50 bits per heavy atom. The highest BCUT2D eigenvalue weighted by Crippen LogP contribution is 2.07. The number of carboxylic acid groups (broad SMARTS) is 1. The maximum absolute atomic E-state index is 11.6. The fraction of sp³-hybridized carbons (Fsp3) is 0.667. The highest BCUT2D eigenvalue weighted by molar-refractivity contribution is 5.83. The first kappa shape index (κ1) is 14.5. The third-order valence-electron chi connectivity index (χ3n) is 2.49. The van der Waals surface area contributed by atoms with Gasteiger partial charge in [-0.3, -0.25) is 4.79 Å². The topological polar surface area (TPSA) is 57.6 Å². The molecule has 0 aliphatic rings. The minimum Gasteiger partial charge on any atom is -0.480 e. The molecule has 0 aliphatic heterocycles. The van der Waals surface area contributed by atoms with Crippen molar-refractivity contribution < 1.29 is 14.7 Å². The fourth-order valence-electron chi connectivity index (χ4n) is 1.47. The first-order valence-corrected chi connectivity index (χ1v) is 5.46. The summed E-state index contributed by atoms with van der Waals surface area (Å²) in [5.74, 6) is 1.41. The lowest BCUT2D eigenvalue weighted by molar-refractivity contribution is -0.149. The Labute approximate surface area is 96.6 Å². The van der Waals surface area contributed by atoms with Gasteiger partial charge >= 0.3 is 5.97 Å². The van der Waals surface area contributed by atoms with E-state index in [0.29, 0.717) is 25.7 Å². The number of aliphatic carboxylic acids is 1. The molecule has 0 spiro atoms. The normalized spacial score (nSPS) is 11.6. The van der Waals surface area contributed by atoms with Crippen molar-refractivity contribution in [3.63, 3.8) is 0 Å². The van der Waals surface area contributed by atoms with Crippen LogP contribution in [-0.4, -0.2) is 35.0 Å². The van der Waals surface area contributed by atoms with Crippen molar-refractivity contribution in [2.45, 2.75) is 45.1 Å². The molecular weight excluding hydrogens is 206 g/mol. The number of carboxylic acids is 1. The predicted octanol–water partition coefficient (Wildman–Crippen LogP) is 1.50. The molecule has 0 aromatic carbocycles. The molecule has 0 fully saturated rings. The van der Waals surface area contributed by atoms with E-state index in [1.54, 1.807) is 6.92 Å². The zero-order chi connectivity index (χ0) is 12.6. The second-order valence-electron chi connectivity index (χ2n) is 3.68. The summed E-state index contributed by atoms with van der Waals surface area (Å²) in [6.07, 6.45) is 8.05. The molecule has 0 bridgehead atoms. The van der Waals surface area contributed by atoms with Gasteiger partial charge in [-0.1, -0.05) is 6.92 Å². The van der Waals surface area contributed by atoms with Gasteiger partial charge in [0.05, 0.1) is 0 Å². The molecule has 1 atom stereocenters. The number of carbonyl (C=O) groups excluding carboxylic acids is 1. The van der Waals surface area contributed by atoms with E-state index in [1.807, 2.05) is 0 Å². The average Bonchev–Trinajstić information content (AvgIpc) is 2.24. The van der Waals surface area contributed by atoms with Gasteiger partial charge in [0, 0.05) is 19.9 Å². The van der Waals surface area contributed by atoms with Gasteiger partial charge in [-0.2, -0.15) is 0 Å². The average molecular weight is 225 g/mol. The highest BCUT2D eigenvalue weighted by atomic mass is 16.4. The summed E-state index contributed by atoms with van der Waals surface area (Å²) < 4.78 is 0. The van der Waals surface area contributed by atoms with Crippen LogP contribution in [0.25, 0.3) is 0 Å². The summed E-state index contributed by atoms with van der Waals surface area (Å²) in [5, 5.41) is 8.88. The monoisotopic (exact) mass is 225 g/mol. The van der Waals surface area contributed by atoms with Crippen molar-refractivity contribution in [1.29, 1.82) is 0 Å². The van der Waals surface area contributed by atoms with Gasteiger partial charge < -0.3 is 10.0 Å². The van der Waals surface area contributed by atoms with Crippen LogP contribution < -0.4 is 0 Å². The Balaban J connectivity index is 4.07. The lowest BCUT2D eigenvalue weighted by Gasteiger charge is -2.23. The van der Waals surface area contributed by atoms with E-state index in [0.717, 1.165) is 6.42 Å². The van der Waals surface area contributed by atoms with Crippen LogP contribution in [0.3, 0.4) is 0 Å². The third kappa shape index (κ3) is 4.83. The highest BCUT2D eigenvalue weighted by Gasteiger charge is 2.23.